The molecule has 0 heterocycles. The zero-order valence-electron chi connectivity index (χ0n) is 57.2. The maximum absolute atomic E-state index is 12.5. The molecule has 0 radical (unpaired) electrons. The molecule has 84 heavy (non-hydrogen) atoms. The van der Waals surface area contributed by atoms with E-state index in [-0.39, 0.29) is 18.5 Å². The predicted octanol–water partition coefficient (Wildman–Crippen LogP) is 25.3. The number of aliphatic hydroxyl groups is 2. The summed E-state index contributed by atoms with van der Waals surface area (Å²) in [5, 5.41) is 23.3. The molecule has 0 spiro atoms. The number of ether oxygens (including phenoxy) is 1. The molecule has 0 bridgehead atoms. The van der Waals surface area contributed by atoms with Crippen LogP contribution in [0.3, 0.4) is 0 Å². The lowest BCUT2D eigenvalue weighted by Crippen LogP contribution is -2.45. The number of nitrogens with one attached hydrogen (secondary N) is 1. The van der Waals surface area contributed by atoms with Gasteiger partial charge in [0.15, 0.2) is 0 Å². The summed E-state index contributed by atoms with van der Waals surface area (Å²) in [5.41, 5.74) is 0. The van der Waals surface area contributed by atoms with Gasteiger partial charge in [-0.25, -0.2) is 0 Å². The number of esters is 1. The summed E-state index contributed by atoms with van der Waals surface area (Å²) in [6.07, 6.45) is 94.5. The fourth-order valence-electron chi connectivity index (χ4n) is 12.3. The number of aliphatic hydroxyl groups excluding tert-OH is 2. The summed E-state index contributed by atoms with van der Waals surface area (Å²) >= 11 is 0. The van der Waals surface area contributed by atoms with E-state index in [0.29, 0.717) is 19.4 Å². The van der Waals surface area contributed by atoms with Crippen LogP contribution in [0.5, 0.6) is 0 Å². The highest BCUT2D eigenvalue weighted by molar-refractivity contribution is 5.76. The van der Waals surface area contributed by atoms with E-state index in [1.54, 1.807) is 6.08 Å². The van der Waals surface area contributed by atoms with E-state index in [0.717, 1.165) is 44.9 Å². The fraction of sp³-hybridized carbons (Fsp3) is 0.923. The number of carbonyl (C=O) groups excluding carboxylic acids is 2. The van der Waals surface area contributed by atoms with Crippen molar-refractivity contribution in [1.29, 1.82) is 0 Å². The summed E-state index contributed by atoms with van der Waals surface area (Å²) < 4.78 is 5.47. The number of hydrogen-bond donors (Lipinski definition) is 3. The van der Waals surface area contributed by atoms with Gasteiger partial charge in [-0.1, -0.05) is 398 Å². The minimum absolute atomic E-state index is 0.0126. The molecule has 0 aromatic heterocycles. The second-order valence-electron chi connectivity index (χ2n) is 26.7. The smallest absolute Gasteiger partial charge is 0.305 e. The molecule has 0 saturated carbocycles. The largest absolute Gasteiger partial charge is 0.466 e. The summed E-state index contributed by atoms with van der Waals surface area (Å²) in [6, 6.07) is -0.624. The number of rotatable bonds is 73. The van der Waals surface area contributed by atoms with Gasteiger partial charge in [-0.3, -0.25) is 9.59 Å². The number of amides is 1. The first kappa shape index (κ1) is 82.3. The summed E-state index contributed by atoms with van der Waals surface area (Å²) in [6.45, 7) is 4.91. The molecule has 0 aromatic carbocycles. The normalized spacial score (nSPS) is 12.6. The van der Waals surface area contributed by atoms with Gasteiger partial charge >= 0.3 is 5.97 Å². The highest BCUT2D eigenvalue weighted by Crippen LogP contribution is 2.20. The standard InChI is InChI=1S/C78H151NO5/c1-3-5-7-9-11-13-15-16-17-18-38-41-44-47-51-54-58-62-66-70-76(81)75(74-80)79-77(82)71-67-63-59-55-52-48-45-42-39-36-34-32-30-28-26-24-22-20-19-21-23-25-27-29-31-33-35-37-40-43-46-49-53-57-61-65-69-73-84-78(83)72-68-64-60-56-50-14-12-10-8-6-4-2/h10,12,66,70,75-76,80-81H,3-9,11,13-65,67-69,71-74H2,1-2H3,(H,79,82)/b12-10-,70-66+. The van der Waals surface area contributed by atoms with Crippen molar-refractivity contribution in [3.63, 3.8) is 0 Å². The van der Waals surface area contributed by atoms with E-state index < -0.39 is 12.1 Å². The number of allylic oxidation sites excluding steroid dienone is 3. The molecule has 2 atom stereocenters. The van der Waals surface area contributed by atoms with Crippen molar-refractivity contribution in [2.75, 3.05) is 13.2 Å². The van der Waals surface area contributed by atoms with Crippen LogP contribution in [0.25, 0.3) is 0 Å². The van der Waals surface area contributed by atoms with Crippen molar-refractivity contribution in [1.82, 2.24) is 5.32 Å². The van der Waals surface area contributed by atoms with Gasteiger partial charge in [-0.15, -0.1) is 0 Å². The Balaban J connectivity index is 3.32. The third kappa shape index (κ3) is 69.4. The first-order valence-electron chi connectivity index (χ1n) is 38.6. The lowest BCUT2D eigenvalue weighted by Gasteiger charge is -2.20. The average molecular weight is 1180 g/mol. The van der Waals surface area contributed by atoms with E-state index in [1.165, 1.54) is 366 Å². The molecule has 0 aromatic rings. The van der Waals surface area contributed by atoms with E-state index in [4.69, 9.17) is 4.74 Å². The van der Waals surface area contributed by atoms with Crippen molar-refractivity contribution < 1.29 is 24.5 Å². The van der Waals surface area contributed by atoms with Crippen molar-refractivity contribution in [3.05, 3.63) is 24.3 Å². The molecule has 6 heteroatoms. The Bertz CT molecular complexity index is 1320. The molecular weight excluding hydrogens is 1030 g/mol. The van der Waals surface area contributed by atoms with Crippen LogP contribution in [0.4, 0.5) is 0 Å². The van der Waals surface area contributed by atoms with Gasteiger partial charge in [0.2, 0.25) is 5.91 Å². The van der Waals surface area contributed by atoms with Crippen molar-refractivity contribution in [2.24, 2.45) is 0 Å². The summed E-state index contributed by atoms with van der Waals surface area (Å²) in [7, 11) is 0. The Hall–Kier alpha value is -1.66. The molecule has 3 N–H and O–H groups in total. The van der Waals surface area contributed by atoms with Gasteiger partial charge in [0.1, 0.15) is 0 Å². The van der Waals surface area contributed by atoms with Crippen LogP contribution in [-0.2, 0) is 14.3 Å². The van der Waals surface area contributed by atoms with Crippen LogP contribution in [0.1, 0.15) is 438 Å². The Morgan fingerprint density at radius 1 is 0.321 bits per heavy atom. The molecule has 0 aliphatic carbocycles. The van der Waals surface area contributed by atoms with Gasteiger partial charge in [-0.2, -0.15) is 0 Å². The zero-order valence-corrected chi connectivity index (χ0v) is 57.2. The van der Waals surface area contributed by atoms with E-state index in [9.17, 15) is 19.8 Å². The van der Waals surface area contributed by atoms with Gasteiger partial charge < -0.3 is 20.3 Å². The topological polar surface area (TPSA) is 95.9 Å². The minimum Gasteiger partial charge on any atom is -0.466 e. The highest BCUT2D eigenvalue weighted by atomic mass is 16.5. The number of carbonyl (C=O) groups is 2. The molecule has 6 nitrogen and oxygen atoms in total. The van der Waals surface area contributed by atoms with Crippen LogP contribution in [0.15, 0.2) is 24.3 Å². The van der Waals surface area contributed by atoms with Crippen LogP contribution in [0.2, 0.25) is 0 Å². The molecular formula is C78H151NO5. The van der Waals surface area contributed by atoms with Crippen LogP contribution >= 0.6 is 0 Å². The molecule has 0 fully saturated rings. The predicted molar refractivity (Wildman–Crippen MR) is 370 cm³/mol. The minimum atomic E-state index is -0.841. The summed E-state index contributed by atoms with van der Waals surface area (Å²) in [5.74, 6) is -0.0453. The molecule has 0 aliphatic rings. The first-order valence-corrected chi connectivity index (χ1v) is 38.6. The highest BCUT2D eigenvalue weighted by Gasteiger charge is 2.18. The maximum Gasteiger partial charge on any atom is 0.305 e. The summed E-state index contributed by atoms with van der Waals surface area (Å²) in [4.78, 5) is 24.5. The quantitative estimate of drug-likeness (QED) is 0.0320. The van der Waals surface area contributed by atoms with Gasteiger partial charge in [0, 0.05) is 12.8 Å². The van der Waals surface area contributed by atoms with E-state index in [2.05, 4.69) is 31.3 Å². The van der Waals surface area contributed by atoms with Crippen molar-refractivity contribution in [3.8, 4) is 0 Å². The second-order valence-corrected chi connectivity index (χ2v) is 26.7. The fourth-order valence-corrected chi connectivity index (χ4v) is 12.3. The monoisotopic (exact) mass is 1180 g/mol. The Morgan fingerprint density at radius 2 is 0.571 bits per heavy atom. The third-order valence-electron chi connectivity index (χ3n) is 18.2. The number of unbranched alkanes of at least 4 members (excludes halogenated alkanes) is 60. The lowest BCUT2D eigenvalue weighted by atomic mass is 10.0. The maximum atomic E-state index is 12.5. The Kier molecular flexibility index (Phi) is 72.3. The Labute approximate surface area is 526 Å². The van der Waals surface area contributed by atoms with Gasteiger partial charge in [0.25, 0.3) is 0 Å². The molecule has 0 rings (SSSR count). The Morgan fingerprint density at radius 3 is 0.881 bits per heavy atom. The van der Waals surface area contributed by atoms with Crippen LogP contribution in [-0.4, -0.2) is 47.4 Å². The van der Waals surface area contributed by atoms with Crippen LogP contribution in [0, 0.1) is 0 Å². The molecule has 498 valence electrons. The van der Waals surface area contributed by atoms with E-state index >= 15 is 0 Å². The number of hydrogen-bond acceptors (Lipinski definition) is 5. The van der Waals surface area contributed by atoms with Gasteiger partial charge in [-0.05, 0) is 51.4 Å². The first-order chi connectivity index (χ1) is 41.5. The average Bonchev–Trinajstić information content (AvgIpc) is 3.51. The van der Waals surface area contributed by atoms with E-state index in [1.807, 2.05) is 6.08 Å². The molecule has 0 saturated heterocycles. The lowest BCUT2D eigenvalue weighted by molar-refractivity contribution is -0.143. The SMILES string of the molecule is CCCC/C=C\CCCCCCCC(=O)OCCCCCCCCCCCCCCCCCCCCCCCCCCCCCCCCCCCCCCCC(=O)NC(CO)C(O)/C=C/CCCCCCCCCCCCCCCCCCC. The zero-order chi connectivity index (χ0) is 60.6. The molecule has 0 aliphatic heterocycles. The third-order valence-corrected chi connectivity index (χ3v) is 18.2. The van der Waals surface area contributed by atoms with Crippen LogP contribution < -0.4 is 5.32 Å². The molecule has 1 amide bonds. The molecule has 2 unspecified atom stereocenters. The van der Waals surface area contributed by atoms with Crippen molar-refractivity contribution in [2.45, 2.75) is 450 Å². The van der Waals surface area contributed by atoms with Gasteiger partial charge in [0.05, 0.1) is 25.4 Å². The second kappa shape index (κ2) is 73.8. The van der Waals surface area contributed by atoms with Crippen molar-refractivity contribution >= 4 is 11.9 Å².